The van der Waals surface area contributed by atoms with Crippen molar-refractivity contribution in [3.63, 3.8) is 0 Å². The van der Waals surface area contributed by atoms with Crippen LogP contribution in [0.15, 0.2) is 17.3 Å². The van der Waals surface area contributed by atoms with Gasteiger partial charge >= 0.3 is 0 Å². The third kappa shape index (κ3) is 2.93. The summed E-state index contributed by atoms with van der Waals surface area (Å²) in [5.74, 6) is 0.284. The minimum Gasteiger partial charge on any atom is -0.382 e. The number of azide groups is 1. The molecule has 6 nitrogen and oxygen atoms in total. The van der Waals surface area contributed by atoms with E-state index in [2.05, 4.69) is 20.2 Å². The van der Waals surface area contributed by atoms with Gasteiger partial charge in [-0.1, -0.05) is 28.9 Å². The topological polar surface area (TPSA) is 101 Å². The molecule has 0 aliphatic rings. The molecule has 0 aliphatic heterocycles. The van der Waals surface area contributed by atoms with Crippen molar-refractivity contribution in [1.82, 2.24) is 10.2 Å². The highest BCUT2D eigenvalue weighted by atomic mass is 35.5. The maximum atomic E-state index is 8.02. The lowest BCUT2D eigenvalue weighted by Gasteiger charge is -1.97. The Kier molecular flexibility index (Phi) is 3.72. The Labute approximate surface area is 85.0 Å². The summed E-state index contributed by atoms with van der Waals surface area (Å²) < 4.78 is 0. The fourth-order valence-corrected chi connectivity index (χ4v) is 0.943. The second-order valence-corrected chi connectivity index (χ2v) is 2.71. The summed E-state index contributed by atoms with van der Waals surface area (Å²) in [7, 11) is 0. The minimum absolute atomic E-state index is 0.260. The molecule has 0 saturated carbocycles. The molecule has 0 atom stereocenters. The molecule has 0 bridgehead atoms. The number of nitrogens with zero attached hydrogens (tertiary/aromatic N) is 5. The van der Waals surface area contributed by atoms with Crippen LogP contribution in [-0.4, -0.2) is 16.7 Å². The summed E-state index contributed by atoms with van der Waals surface area (Å²) in [6.07, 6.45) is 3.33. The van der Waals surface area contributed by atoms with Crippen LogP contribution in [0.1, 0.15) is 5.56 Å². The maximum Gasteiger partial charge on any atom is 0.153 e. The van der Waals surface area contributed by atoms with Crippen molar-refractivity contribution >= 4 is 23.5 Å². The van der Waals surface area contributed by atoms with Gasteiger partial charge in [-0.2, -0.15) is 0 Å². The van der Waals surface area contributed by atoms with E-state index >= 15 is 0 Å². The zero-order valence-corrected chi connectivity index (χ0v) is 7.89. The molecule has 72 valence electrons. The SMILES string of the molecule is [N-]=[N+]=NCC=Cc1cc(Cl)nnc1N. The Bertz CT molecular complexity index is 395. The fourth-order valence-electron chi connectivity index (χ4n) is 0.787. The molecule has 0 fully saturated rings. The second-order valence-electron chi connectivity index (χ2n) is 2.32. The first-order valence-corrected chi connectivity index (χ1v) is 4.08. The average Bonchev–Trinajstić information content (AvgIpc) is 2.18. The highest BCUT2D eigenvalue weighted by Gasteiger charge is 1.98. The van der Waals surface area contributed by atoms with Crippen LogP contribution in [0.25, 0.3) is 16.5 Å². The van der Waals surface area contributed by atoms with Crippen LogP contribution in [0.3, 0.4) is 0 Å². The van der Waals surface area contributed by atoms with Crippen molar-refractivity contribution < 1.29 is 0 Å². The molecule has 0 aliphatic carbocycles. The second kappa shape index (κ2) is 5.06. The summed E-state index contributed by atoms with van der Waals surface area (Å²) in [4.78, 5) is 2.60. The van der Waals surface area contributed by atoms with Crippen LogP contribution in [0, 0.1) is 0 Å². The monoisotopic (exact) mass is 210 g/mol. The van der Waals surface area contributed by atoms with Gasteiger partial charge in [0.05, 0.1) is 0 Å². The van der Waals surface area contributed by atoms with Gasteiger partial charge in [-0.3, -0.25) is 0 Å². The quantitative estimate of drug-likeness (QED) is 0.469. The van der Waals surface area contributed by atoms with Crippen LogP contribution in [0.4, 0.5) is 5.82 Å². The van der Waals surface area contributed by atoms with Gasteiger partial charge in [0.15, 0.2) is 11.0 Å². The Balaban J connectivity index is 2.79. The number of rotatable bonds is 3. The first-order chi connectivity index (χ1) is 6.74. The van der Waals surface area contributed by atoms with E-state index in [4.69, 9.17) is 22.9 Å². The van der Waals surface area contributed by atoms with Crippen LogP contribution in [0.2, 0.25) is 5.15 Å². The predicted molar refractivity (Wildman–Crippen MR) is 54.5 cm³/mol. The van der Waals surface area contributed by atoms with Gasteiger partial charge in [0, 0.05) is 17.0 Å². The van der Waals surface area contributed by atoms with Gasteiger partial charge in [0.2, 0.25) is 0 Å². The Morgan fingerprint density at radius 1 is 1.64 bits per heavy atom. The van der Waals surface area contributed by atoms with Gasteiger partial charge < -0.3 is 5.73 Å². The molecule has 1 aromatic heterocycles. The van der Waals surface area contributed by atoms with E-state index in [0.717, 1.165) is 0 Å². The van der Waals surface area contributed by atoms with E-state index in [1.165, 1.54) is 0 Å². The zero-order valence-electron chi connectivity index (χ0n) is 7.13. The summed E-state index contributed by atoms with van der Waals surface area (Å²) >= 11 is 5.61. The molecule has 2 N–H and O–H groups in total. The number of nitrogens with two attached hydrogens (primary N) is 1. The number of hydrogen-bond donors (Lipinski definition) is 1. The van der Waals surface area contributed by atoms with E-state index in [1.54, 1.807) is 18.2 Å². The van der Waals surface area contributed by atoms with Crippen LogP contribution in [0.5, 0.6) is 0 Å². The van der Waals surface area contributed by atoms with Crippen molar-refractivity contribution in [2.75, 3.05) is 12.3 Å². The number of nitrogen functional groups attached to an aromatic ring is 1. The van der Waals surface area contributed by atoms with Gasteiger partial charge in [0.25, 0.3) is 0 Å². The zero-order chi connectivity index (χ0) is 10.4. The van der Waals surface area contributed by atoms with Crippen LogP contribution >= 0.6 is 11.6 Å². The fraction of sp³-hybridized carbons (Fsp3) is 0.143. The van der Waals surface area contributed by atoms with Gasteiger partial charge in [-0.15, -0.1) is 10.2 Å². The molecule has 1 rings (SSSR count). The van der Waals surface area contributed by atoms with Gasteiger partial charge in [0.1, 0.15) is 0 Å². The van der Waals surface area contributed by atoms with E-state index in [0.29, 0.717) is 5.56 Å². The molecule has 14 heavy (non-hydrogen) atoms. The van der Waals surface area contributed by atoms with Gasteiger partial charge in [-0.25, -0.2) is 0 Å². The first-order valence-electron chi connectivity index (χ1n) is 3.70. The first kappa shape index (κ1) is 10.3. The van der Waals surface area contributed by atoms with Crippen molar-refractivity contribution in [3.05, 3.63) is 33.3 Å². The molecule has 0 unspecified atom stereocenters. The smallest absolute Gasteiger partial charge is 0.153 e. The third-order valence-corrected chi connectivity index (χ3v) is 1.56. The molecule has 1 aromatic rings. The van der Waals surface area contributed by atoms with Crippen molar-refractivity contribution in [2.45, 2.75) is 0 Å². The number of hydrogen-bond acceptors (Lipinski definition) is 4. The molecule has 7 heteroatoms. The molecule has 0 radical (unpaired) electrons. The average molecular weight is 211 g/mol. The molecule has 0 saturated heterocycles. The minimum atomic E-state index is 0.260. The highest BCUT2D eigenvalue weighted by Crippen LogP contribution is 2.13. The largest absolute Gasteiger partial charge is 0.382 e. The normalized spacial score (nSPS) is 10.1. The molecular formula is C7H7ClN6. The van der Waals surface area contributed by atoms with E-state index in [1.807, 2.05) is 0 Å². The van der Waals surface area contributed by atoms with Crippen molar-refractivity contribution in [1.29, 1.82) is 0 Å². The van der Waals surface area contributed by atoms with Crippen molar-refractivity contribution in [3.8, 4) is 0 Å². The third-order valence-electron chi connectivity index (χ3n) is 1.37. The lowest BCUT2D eigenvalue weighted by atomic mass is 10.2. The molecular weight excluding hydrogens is 204 g/mol. The number of aromatic nitrogens is 2. The Hall–Kier alpha value is -1.78. The summed E-state index contributed by atoms with van der Waals surface area (Å²) in [5, 5.41) is 10.8. The lowest BCUT2D eigenvalue weighted by molar-refractivity contribution is 1.04. The van der Waals surface area contributed by atoms with Crippen LogP contribution in [-0.2, 0) is 0 Å². The molecule has 1 heterocycles. The Morgan fingerprint density at radius 2 is 2.43 bits per heavy atom. The van der Waals surface area contributed by atoms with Gasteiger partial charge in [-0.05, 0) is 11.6 Å². The van der Waals surface area contributed by atoms with Crippen molar-refractivity contribution in [2.24, 2.45) is 5.11 Å². The Morgan fingerprint density at radius 3 is 3.14 bits per heavy atom. The summed E-state index contributed by atoms with van der Waals surface area (Å²) in [5.41, 5.74) is 14.2. The molecule has 0 aromatic carbocycles. The molecule has 0 amide bonds. The predicted octanol–water partition coefficient (Wildman–Crippen LogP) is 2.04. The summed E-state index contributed by atoms with van der Waals surface area (Å²) in [6.45, 7) is 0.260. The van der Waals surface area contributed by atoms with E-state index < -0.39 is 0 Å². The number of anilines is 1. The highest BCUT2D eigenvalue weighted by molar-refractivity contribution is 6.29. The maximum absolute atomic E-state index is 8.02. The van der Waals surface area contributed by atoms with Crippen LogP contribution < -0.4 is 5.73 Å². The van der Waals surface area contributed by atoms with E-state index in [-0.39, 0.29) is 17.5 Å². The van der Waals surface area contributed by atoms with E-state index in [9.17, 15) is 0 Å². The molecule has 0 spiro atoms. The summed E-state index contributed by atoms with van der Waals surface area (Å²) in [6, 6.07) is 1.58. The standard InChI is InChI=1S/C7H7ClN6/c8-6-4-5(7(9)13-12-6)2-1-3-11-14-10/h1-2,4H,3H2,(H2,9,13). The lowest BCUT2D eigenvalue weighted by Crippen LogP contribution is -1.96. The number of halogens is 1.